The zero-order valence-corrected chi connectivity index (χ0v) is 15.4. The fraction of sp³-hybridized carbons (Fsp3) is 0.100. The Hall–Kier alpha value is -3.94. The molecule has 140 valence electrons. The number of para-hydroxylation sites is 1. The van der Waals surface area contributed by atoms with Crippen molar-refractivity contribution in [2.75, 3.05) is 19.6 Å². The predicted octanol–water partition coefficient (Wildman–Crippen LogP) is 3.28. The molecule has 0 atom stereocenters. The van der Waals surface area contributed by atoms with Gasteiger partial charge in [0.15, 0.2) is 11.5 Å². The molecular formula is C20H18N6O2. The Morgan fingerprint density at radius 1 is 1.04 bits per heavy atom. The van der Waals surface area contributed by atoms with Gasteiger partial charge in [0.25, 0.3) is 0 Å². The number of nitrogens with zero attached hydrogens (tertiary/aromatic N) is 5. The first kappa shape index (κ1) is 17.5. The second kappa shape index (κ2) is 7.75. The summed E-state index contributed by atoms with van der Waals surface area (Å²) in [5.41, 5.74) is 5.32. The van der Waals surface area contributed by atoms with Gasteiger partial charge in [-0.2, -0.15) is 10.2 Å². The molecule has 0 unspecified atom stereocenters. The fourth-order valence-electron chi connectivity index (χ4n) is 2.80. The molecule has 28 heavy (non-hydrogen) atoms. The van der Waals surface area contributed by atoms with Crippen molar-refractivity contribution in [3.8, 4) is 17.2 Å². The number of hydrazone groups is 1. The van der Waals surface area contributed by atoms with E-state index >= 15 is 0 Å². The zero-order chi connectivity index (χ0) is 19.3. The topological polar surface area (TPSA) is 86.5 Å². The Kier molecular flexibility index (Phi) is 4.83. The molecule has 8 heteroatoms. The lowest BCUT2D eigenvalue weighted by molar-refractivity contribution is 0.414. The first-order valence-electron chi connectivity index (χ1n) is 8.55. The third-order valence-electron chi connectivity index (χ3n) is 4.18. The van der Waals surface area contributed by atoms with Gasteiger partial charge in [-0.05, 0) is 24.3 Å². The van der Waals surface area contributed by atoms with Crippen LogP contribution >= 0.6 is 0 Å². The summed E-state index contributed by atoms with van der Waals surface area (Å²) < 4.78 is 12.3. The zero-order valence-electron chi connectivity index (χ0n) is 15.4. The summed E-state index contributed by atoms with van der Waals surface area (Å²) in [4.78, 5) is 8.64. The summed E-state index contributed by atoms with van der Waals surface area (Å²) in [5, 5.41) is 9.47. The van der Waals surface area contributed by atoms with Gasteiger partial charge in [-0.1, -0.05) is 18.2 Å². The number of aromatic nitrogens is 4. The number of methoxy groups -OCH3 is 2. The Labute approximate surface area is 161 Å². The van der Waals surface area contributed by atoms with Crippen LogP contribution in [-0.2, 0) is 0 Å². The van der Waals surface area contributed by atoms with Crippen molar-refractivity contribution < 1.29 is 9.47 Å². The third-order valence-corrected chi connectivity index (χ3v) is 4.18. The molecule has 0 radical (unpaired) electrons. The second-order valence-electron chi connectivity index (χ2n) is 5.83. The fourth-order valence-corrected chi connectivity index (χ4v) is 2.80. The molecule has 0 aliphatic carbocycles. The SMILES string of the molecule is COc1cccc(-n2ncc3c(N/N=C/c4ccccc4OC)ncnc32)c1. The normalized spacial score (nSPS) is 11.1. The van der Waals surface area contributed by atoms with Gasteiger partial charge in [-0.3, -0.25) is 5.43 Å². The van der Waals surface area contributed by atoms with Gasteiger partial charge in [0.05, 0.1) is 37.7 Å². The van der Waals surface area contributed by atoms with Crippen LogP contribution in [0.4, 0.5) is 5.82 Å². The van der Waals surface area contributed by atoms with Crippen molar-refractivity contribution in [1.29, 1.82) is 0 Å². The summed E-state index contributed by atoms with van der Waals surface area (Å²) in [6.07, 6.45) is 4.86. The van der Waals surface area contributed by atoms with E-state index < -0.39 is 0 Å². The molecule has 2 aromatic carbocycles. The van der Waals surface area contributed by atoms with Gasteiger partial charge in [0.1, 0.15) is 17.8 Å². The van der Waals surface area contributed by atoms with Crippen molar-refractivity contribution in [2.45, 2.75) is 0 Å². The molecule has 1 N–H and O–H groups in total. The first-order chi connectivity index (χ1) is 13.8. The number of ether oxygens (including phenoxy) is 2. The molecule has 0 bridgehead atoms. The van der Waals surface area contributed by atoms with Gasteiger partial charge in [0.2, 0.25) is 0 Å². The quantitative estimate of drug-likeness (QED) is 0.412. The van der Waals surface area contributed by atoms with Crippen LogP contribution in [0.3, 0.4) is 0 Å². The third kappa shape index (κ3) is 3.35. The maximum atomic E-state index is 5.32. The van der Waals surface area contributed by atoms with Crippen molar-refractivity contribution >= 4 is 23.1 Å². The van der Waals surface area contributed by atoms with E-state index in [2.05, 4.69) is 25.6 Å². The summed E-state index contributed by atoms with van der Waals surface area (Å²) in [6.45, 7) is 0. The Morgan fingerprint density at radius 2 is 1.93 bits per heavy atom. The molecule has 0 amide bonds. The molecule has 0 saturated carbocycles. The van der Waals surface area contributed by atoms with Gasteiger partial charge < -0.3 is 9.47 Å². The maximum absolute atomic E-state index is 5.32. The number of rotatable bonds is 6. The van der Waals surface area contributed by atoms with E-state index in [0.717, 1.165) is 28.1 Å². The second-order valence-corrected chi connectivity index (χ2v) is 5.83. The van der Waals surface area contributed by atoms with E-state index in [1.807, 2.05) is 48.5 Å². The lowest BCUT2D eigenvalue weighted by atomic mass is 10.2. The average Bonchev–Trinajstić information content (AvgIpc) is 3.19. The maximum Gasteiger partial charge on any atom is 0.168 e. The summed E-state index contributed by atoms with van der Waals surface area (Å²) in [6, 6.07) is 15.2. The summed E-state index contributed by atoms with van der Waals surface area (Å²) in [5.74, 6) is 2.05. The van der Waals surface area contributed by atoms with Gasteiger partial charge >= 0.3 is 0 Å². The van der Waals surface area contributed by atoms with E-state index in [0.29, 0.717) is 11.5 Å². The van der Waals surface area contributed by atoms with E-state index in [4.69, 9.17) is 9.47 Å². The highest BCUT2D eigenvalue weighted by atomic mass is 16.5. The summed E-state index contributed by atoms with van der Waals surface area (Å²) >= 11 is 0. The molecule has 2 aromatic heterocycles. The highest BCUT2D eigenvalue weighted by molar-refractivity contribution is 5.88. The van der Waals surface area contributed by atoms with Crippen LogP contribution in [0.2, 0.25) is 0 Å². The number of fused-ring (bicyclic) bond motifs is 1. The van der Waals surface area contributed by atoms with Crippen LogP contribution in [0.25, 0.3) is 16.7 Å². The standard InChI is InChI=1S/C20H18N6O2/c1-27-16-8-5-7-15(10-16)26-20-17(12-24-26)19(21-13-22-20)25-23-11-14-6-3-4-9-18(14)28-2/h3-13H,1-2H3,(H,21,22,25)/b23-11+. The minimum atomic E-state index is 0.560. The van der Waals surface area contributed by atoms with Crippen molar-refractivity contribution in [3.63, 3.8) is 0 Å². The minimum absolute atomic E-state index is 0.560. The van der Waals surface area contributed by atoms with E-state index in [9.17, 15) is 0 Å². The molecule has 0 aliphatic heterocycles. The van der Waals surface area contributed by atoms with Crippen LogP contribution in [0.5, 0.6) is 11.5 Å². The van der Waals surface area contributed by atoms with E-state index in [-0.39, 0.29) is 0 Å². The van der Waals surface area contributed by atoms with Gasteiger partial charge in [-0.15, -0.1) is 0 Å². The van der Waals surface area contributed by atoms with E-state index in [1.54, 1.807) is 31.3 Å². The number of nitrogens with one attached hydrogen (secondary N) is 1. The molecule has 8 nitrogen and oxygen atoms in total. The van der Waals surface area contributed by atoms with Crippen molar-refractivity contribution in [3.05, 3.63) is 66.6 Å². The monoisotopic (exact) mass is 374 g/mol. The van der Waals surface area contributed by atoms with Crippen molar-refractivity contribution in [1.82, 2.24) is 19.7 Å². The Balaban J connectivity index is 1.64. The molecule has 0 fully saturated rings. The molecule has 0 spiro atoms. The largest absolute Gasteiger partial charge is 0.497 e. The first-order valence-corrected chi connectivity index (χ1v) is 8.55. The molecule has 2 heterocycles. The van der Waals surface area contributed by atoms with Gasteiger partial charge in [0, 0.05) is 11.6 Å². The molecule has 0 saturated heterocycles. The van der Waals surface area contributed by atoms with E-state index in [1.165, 1.54) is 6.33 Å². The highest BCUT2D eigenvalue weighted by Crippen LogP contribution is 2.23. The smallest absolute Gasteiger partial charge is 0.168 e. The Morgan fingerprint density at radius 3 is 2.79 bits per heavy atom. The number of anilines is 1. The van der Waals surface area contributed by atoms with Crippen LogP contribution < -0.4 is 14.9 Å². The van der Waals surface area contributed by atoms with Crippen LogP contribution in [0.15, 0.2) is 66.2 Å². The van der Waals surface area contributed by atoms with Crippen LogP contribution in [-0.4, -0.2) is 40.2 Å². The van der Waals surface area contributed by atoms with Crippen molar-refractivity contribution in [2.24, 2.45) is 5.10 Å². The number of hydrogen-bond acceptors (Lipinski definition) is 7. The summed E-state index contributed by atoms with van der Waals surface area (Å²) in [7, 11) is 3.26. The number of benzene rings is 2. The van der Waals surface area contributed by atoms with Gasteiger partial charge in [-0.25, -0.2) is 14.6 Å². The molecule has 0 aliphatic rings. The molecule has 4 aromatic rings. The lowest BCUT2D eigenvalue weighted by Crippen LogP contribution is -2.00. The molecular weight excluding hydrogens is 356 g/mol. The minimum Gasteiger partial charge on any atom is -0.497 e. The molecule has 4 rings (SSSR count). The number of hydrogen-bond donors (Lipinski definition) is 1. The van der Waals surface area contributed by atoms with Crippen LogP contribution in [0, 0.1) is 0 Å². The Bertz CT molecular complexity index is 1140. The van der Waals surface area contributed by atoms with Crippen LogP contribution in [0.1, 0.15) is 5.56 Å². The highest BCUT2D eigenvalue weighted by Gasteiger charge is 2.11. The average molecular weight is 374 g/mol. The lowest BCUT2D eigenvalue weighted by Gasteiger charge is -2.06. The predicted molar refractivity (Wildman–Crippen MR) is 107 cm³/mol.